The molecular formula is C30H48Cl2N4O5. The second-order valence-corrected chi connectivity index (χ2v) is 10.8. The summed E-state index contributed by atoms with van der Waals surface area (Å²) in [6, 6.07) is 10.3. The molecule has 2 aromatic rings. The fraction of sp³-hybridized carbons (Fsp3) is 0.567. The molecule has 0 radical (unpaired) electrons. The van der Waals surface area contributed by atoms with Crippen LogP contribution in [-0.4, -0.2) is 67.5 Å². The van der Waals surface area contributed by atoms with Crippen LogP contribution < -0.4 is 21.1 Å². The van der Waals surface area contributed by atoms with Crippen molar-refractivity contribution in [1.29, 1.82) is 0 Å². The Morgan fingerprint density at radius 2 is 1.71 bits per heavy atom. The van der Waals surface area contributed by atoms with Crippen LogP contribution >= 0.6 is 24.8 Å². The molecule has 41 heavy (non-hydrogen) atoms. The highest BCUT2D eigenvalue weighted by atomic mass is 35.5. The minimum absolute atomic E-state index is 0. The molecule has 5 N–H and O–H groups in total. The second-order valence-electron chi connectivity index (χ2n) is 10.8. The van der Waals surface area contributed by atoms with Gasteiger partial charge in [0.15, 0.2) is 0 Å². The van der Waals surface area contributed by atoms with Gasteiger partial charge in [-0.3, -0.25) is 14.6 Å². The first kappa shape index (κ1) is 38.6. The van der Waals surface area contributed by atoms with Crippen LogP contribution in [0.3, 0.4) is 0 Å². The first-order chi connectivity index (χ1) is 18.6. The van der Waals surface area contributed by atoms with Crippen LogP contribution in [0.4, 0.5) is 0 Å². The highest BCUT2D eigenvalue weighted by molar-refractivity contribution is 5.96. The van der Waals surface area contributed by atoms with Gasteiger partial charge in [-0.15, -0.1) is 24.8 Å². The van der Waals surface area contributed by atoms with Gasteiger partial charge in [-0.05, 0) is 68.7 Å². The zero-order valence-corrected chi connectivity index (χ0v) is 26.4. The second kappa shape index (κ2) is 19.6. The summed E-state index contributed by atoms with van der Waals surface area (Å²) in [7, 11) is 1.67. The van der Waals surface area contributed by atoms with Gasteiger partial charge >= 0.3 is 0 Å². The summed E-state index contributed by atoms with van der Waals surface area (Å²) in [6.45, 7) is 9.37. The average Bonchev–Trinajstić information content (AvgIpc) is 2.93. The molecule has 0 saturated carbocycles. The molecule has 0 unspecified atom stereocenters. The number of para-hydroxylation sites is 1. The minimum atomic E-state index is -0.928. The summed E-state index contributed by atoms with van der Waals surface area (Å²) in [5, 5.41) is 16.5. The topological polar surface area (TPSA) is 136 Å². The molecule has 1 heterocycles. The number of ether oxygens (including phenoxy) is 2. The van der Waals surface area contributed by atoms with Gasteiger partial charge in [0.25, 0.3) is 5.91 Å². The van der Waals surface area contributed by atoms with Crippen molar-refractivity contribution in [2.75, 3.05) is 33.4 Å². The molecule has 2 amide bonds. The molecule has 3 atom stereocenters. The van der Waals surface area contributed by atoms with Gasteiger partial charge in [0.1, 0.15) is 5.75 Å². The number of nitrogens with one attached hydrogen (secondary N) is 2. The number of halogens is 2. The zero-order chi connectivity index (χ0) is 28.8. The lowest BCUT2D eigenvalue weighted by Gasteiger charge is -2.29. The number of aliphatic hydroxyl groups excluding tert-OH is 1. The average molecular weight is 616 g/mol. The molecule has 0 fully saturated rings. The molecule has 0 bridgehead atoms. The smallest absolute Gasteiger partial charge is 0.255 e. The third-order valence-corrected chi connectivity index (χ3v) is 7.09. The van der Waals surface area contributed by atoms with E-state index < -0.39 is 17.6 Å². The number of aliphatic hydroxyl groups is 1. The van der Waals surface area contributed by atoms with Gasteiger partial charge in [0, 0.05) is 45.2 Å². The van der Waals surface area contributed by atoms with Gasteiger partial charge in [-0.25, -0.2) is 0 Å². The van der Waals surface area contributed by atoms with E-state index in [9.17, 15) is 14.7 Å². The molecule has 0 aliphatic rings. The zero-order valence-electron chi connectivity index (χ0n) is 24.8. The van der Waals surface area contributed by atoms with Crippen LogP contribution in [0.1, 0.15) is 62.9 Å². The van der Waals surface area contributed by atoms with E-state index in [4.69, 9.17) is 15.2 Å². The summed E-state index contributed by atoms with van der Waals surface area (Å²) in [6.07, 6.45) is 4.60. The number of amides is 2. The lowest BCUT2D eigenvalue weighted by Crippen LogP contribution is -2.49. The molecule has 9 nitrogen and oxygen atoms in total. The number of aromatic nitrogens is 1. The molecular weight excluding hydrogens is 567 g/mol. The Labute approximate surface area is 257 Å². The molecule has 2 rings (SSSR count). The maximum atomic E-state index is 13.0. The fourth-order valence-electron chi connectivity index (χ4n) is 4.16. The predicted octanol–water partition coefficient (Wildman–Crippen LogP) is 3.90. The first-order valence-electron chi connectivity index (χ1n) is 13.7. The molecule has 0 aliphatic heterocycles. The van der Waals surface area contributed by atoms with Crippen molar-refractivity contribution >= 4 is 36.6 Å². The first-order valence-corrected chi connectivity index (χ1v) is 13.7. The number of hydrogen-bond acceptors (Lipinski definition) is 7. The van der Waals surface area contributed by atoms with E-state index in [0.717, 1.165) is 18.4 Å². The fourth-order valence-corrected chi connectivity index (χ4v) is 4.16. The summed E-state index contributed by atoms with van der Waals surface area (Å²) in [4.78, 5) is 29.9. The van der Waals surface area contributed by atoms with Gasteiger partial charge in [0.05, 0.1) is 23.7 Å². The third-order valence-electron chi connectivity index (χ3n) is 7.09. The molecule has 11 heteroatoms. The number of carbonyl (C=O) groups is 2. The van der Waals surface area contributed by atoms with E-state index in [1.165, 1.54) is 0 Å². The van der Waals surface area contributed by atoms with Crippen molar-refractivity contribution in [2.45, 2.75) is 64.5 Å². The Balaban J connectivity index is 0.00000800. The van der Waals surface area contributed by atoms with E-state index >= 15 is 0 Å². The molecule has 0 saturated heterocycles. The highest BCUT2D eigenvalue weighted by Gasteiger charge is 2.31. The van der Waals surface area contributed by atoms with Crippen LogP contribution in [0.5, 0.6) is 5.75 Å². The van der Waals surface area contributed by atoms with Gasteiger partial charge in [-0.1, -0.05) is 32.0 Å². The Hall–Kier alpha value is -2.43. The summed E-state index contributed by atoms with van der Waals surface area (Å²) in [5.41, 5.74) is 6.81. The van der Waals surface area contributed by atoms with Crippen LogP contribution in [0.25, 0.3) is 0 Å². The quantitative estimate of drug-likeness (QED) is 0.198. The Bertz CT molecular complexity index is 1030. The van der Waals surface area contributed by atoms with Crippen LogP contribution in [0.2, 0.25) is 0 Å². The normalized spacial score (nSPS) is 13.3. The Morgan fingerprint density at radius 3 is 2.34 bits per heavy atom. The highest BCUT2D eigenvalue weighted by Crippen LogP contribution is 2.23. The number of nitrogens with two attached hydrogens (primary N) is 1. The van der Waals surface area contributed by atoms with Crippen molar-refractivity contribution < 1.29 is 24.2 Å². The molecule has 1 aromatic heterocycles. The van der Waals surface area contributed by atoms with Crippen LogP contribution in [0.15, 0.2) is 48.8 Å². The summed E-state index contributed by atoms with van der Waals surface area (Å²) >= 11 is 0. The van der Waals surface area contributed by atoms with Crippen molar-refractivity contribution in [3.8, 4) is 5.75 Å². The van der Waals surface area contributed by atoms with Crippen molar-refractivity contribution in [3.63, 3.8) is 0 Å². The molecule has 1 aromatic carbocycles. The van der Waals surface area contributed by atoms with E-state index in [2.05, 4.69) is 29.5 Å². The van der Waals surface area contributed by atoms with Gasteiger partial charge in [-0.2, -0.15) is 0 Å². The lowest BCUT2D eigenvalue weighted by molar-refractivity contribution is -0.126. The maximum Gasteiger partial charge on any atom is 0.255 e. The molecule has 0 spiro atoms. The van der Waals surface area contributed by atoms with Crippen LogP contribution in [-0.2, 0) is 14.9 Å². The summed E-state index contributed by atoms with van der Waals surface area (Å²) < 4.78 is 10.9. The molecule has 232 valence electrons. The van der Waals surface area contributed by atoms with E-state index in [0.29, 0.717) is 37.5 Å². The number of rotatable bonds is 17. The number of pyridine rings is 1. The number of unbranched alkanes of at least 4 members (excludes halogenated alkanes) is 1. The standard InChI is InChI=1S/C30H46N4O5.2ClH/c1-21(2)22(18-33-28(36)24-12-6-7-13-27(24)39-16-9-8-15-38-5)17-25(31)26(35)20-34-29(37)30(3,4)23-11-10-14-32-19-23;;/h6-7,10-14,19,21-22,25-26,35H,8-9,15-18,20,31H2,1-5H3,(H,33,36)(H,34,37);2*1H/t22-,25+,26+;;/m1../s1. The lowest BCUT2D eigenvalue weighted by atomic mass is 9.84. The summed E-state index contributed by atoms with van der Waals surface area (Å²) in [5.74, 6) is 0.366. The largest absolute Gasteiger partial charge is 0.493 e. The van der Waals surface area contributed by atoms with Crippen molar-refractivity contribution in [1.82, 2.24) is 15.6 Å². The van der Waals surface area contributed by atoms with Crippen molar-refractivity contribution in [3.05, 3.63) is 59.9 Å². The number of methoxy groups -OCH3 is 1. The van der Waals surface area contributed by atoms with Gasteiger partial charge in [0.2, 0.25) is 5.91 Å². The third kappa shape index (κ3) is 12.5. The number of benzene rings is 1. The monoisotopic (exact) mass is 614 g/mol. The SMILES string of the molecule is COCCCCOc1ccccc1C(=O)NC[C@@H](C[C@H](N)[C@@H](O)CNC(=O)C(C)(C)c1cccnc1)C(C)C.Cl.Cl. The van der Waals surface area contributed by atoms with E-state index in [1.807, 2.05) is 32.0 Å². The number of carbonyl (C=O) groups excluding carboxylic acids is 2. The number of nitrogens with zero attached hydrogens (tertiary/aromatic N) is 1. The Morgan fingerprint density at radius 1 is 1.02 bits per heavy atom. The number of hydrogen-bond donors (Lipinski definition) is 4. The van der Waals surface area contributed by atoms with Crippen molar-refractivity contribution in [2.24, 2.45) is 17.6 Å². The molecule has 0 aliphatic carbocycles. The maximum absolute atomic E-state index is 13.0. The van der Waals surface area contributed by atoms with E-state index in [-0.39, 0.29) is 55.0 Å². The minimum Gasteiger partial charge on any atom is -0.493 e. The van der Waals surface area contributed by atoms with Crippen LogP contribution in [0, 0.1) is 11.8 Å². The van der Waals surface area contributed by atoms with E-state index in [1.54, 1.807) is 37.7 Å². The predicted molar refractivity (Wildman–Crippen MR) is 167 cm³/mol. The Kier molecular flexibility index (Phi) is 18.5. The van der Waals surface area contributed by atoms with Gasteiger partial charge < -0.3 is 30.9 Å².